The molecule has 0 bridgehead atoms. The van der Waals surface area contributed by atoms with E-state index in [0.29, 0.717) is 11.8 Å². The zero-order valence-corrected chi connectivity index (χ0v) is 14.1. The molecule has 3 aromatic rings. The lowest BCUT2D eigenvalue weighted by molar-refractivity contribution is -0.134. The summed E-state index contributed by atoms with van der Waals surface area (Å²) in [6.07, 6.45) is 4.83. The summed E-state index contributed by atoms with van der Waals surface area (Å²) < 4.78 is 2.16. The van der Waals surface area contributed by atoms with Gasteiger partial charge in [0.15, 0.2) is 11.3 Å². The summed E-state index contributed by atoms with van der Waals surface area (Å²) >= 11 is 0. The number of aromatic amines is 1. The summed E-state index contributed by atoms with van der Waals surface area (Å²) in [6.45, 7) is 5.61. The van der Waals surface area contributed by atoms with E-state index in [0.717, 1.165) is 49.1 Å². The number of aromatic nitrogens is 5. The van der Waals surface area contributed by atoms with Gasteiger partial charge in [0.25, 0.3) is 5.97 Å². The molecule has 0 amide bonds. The maximum atomic E-state index is 9.00. The van der Waals surface area contributed by atoms with Crippen LogP contribution in [-0.4, -0.2) is 60.7 Å². The molecule has 0 aliphatic carbocycles. The Balaban J connectivity index is 0.000000383. The molecular formula is C16H22N6O2. The Morgan fingerprint density at radius 1 is 1.42 bits per heavy atom. The van der Waals surface area contributed by atoms with E-state index in [1.807, 2.05) is 12.3 Å². The molecule has 8 nitrogen and oxygen atoms in total. The molecule has 24 heavy (non-hydrogen) atoms. The van der Waals surface area contributed by atoms with E-state index in [2.05, 4.69) is 43.4 Å². The number of aliphatic carboxylic acids is 1. The zero-order chi connectivity index (χ0) is 17.3. The molecule has 128 valence electrons. The van der Waals surface area contributed by atoms with Gasteiger partial charge >= 0.3 is 0 Å². The second-order valence-electron chi connectivity index (χ2n) is 6.38. The number of hydrogen-bond acceptors (Lipinski definition) is 5. The van der Waals surface area contributed by atoms with Gasteiger partial charge in [0, 0.05) is 25.6 Å². The smallest absolute Gasteiger partial charge is 0.300 e. The molecule has 8 heteroatoms. The van der Waals surface area contributed by atoms with Gasteiger partial charge in [-0.15, -0.1) is 10.2 Å². The van der Waals surface area contributed by atoms with Crippen molar-refractivity contribution in [2.24, 2.45) is 5.92 Å². The van der Waals surface area contributed by atoms with E-state index >= 15 is 0 Å². The molecule has 2 atom stereocenters. The van der Waals surface area contributed by atoms with E-state index < -0.39 is 5.97 Å². The monoisotopic (exact) mass is 330 g/mol. The highest BCUT2D eigenvalue weighted by Crippen LogP contribution is 2.32. The fourth-order valence-corrected chi connectivity index (χ4v) is 3.38. The predicted octanol–water partition coefficient (Wildman–Crippen LogP) is 1.75. The van der Waals surface area contributed by atoms with E-state index in [4.69, 9.17) is 9.90 Å². The Labute approximate surface area is 139 Å². The first kappa shape index (κ1) is 16.4. The van der Waals surface area contributed by atoms with Crippen LogP contribution in [0.2, 0.25) is 0 Å². The van der Waals surface area contributed by atoms with Crippen LogP contribution >= 0.6 is 0 Å². The first-order chi connectivity index (χ1) is 11.5. The van der Waals surface area contributed by atoms with Gasteiger partial charge in [0.1, 0.15) is 5.82 Å². The molecule has 0 radical (unpaired) electrons. The average molecular weight is 330 g/mol. The molecule has 2 unspecified atom stereocenters. The summed E-state index contributed by atoms with van der Waals surface area (Å²) in [4.78, 5) is 18.9. The number of carboxylic acids is 1. The second-order valence-corrected chi connectivity index (χ2v) is 6.38. The molecule has 4 rings (SSSR count). The molecule has 1 saturated heterocycles. The third-order valence-electron chi connectivity index (χ3n) is 4.41. The van der Waals surface area contributed by atoms with Crippen LogP contribution in [-0.2, 0) is 4.79 Å². The average Bonchev–Trinajstić information content (AvgIpc) is 3.11. The van der Waals surface area contributed by atoms with Crippen LogP contribution in [0.15, 0.2) is 18.5 Å². The van der Waals surface area contributed by atoms with Crippen molar-refractivity contribution in [3.05, 3.63) is 24.3 Å². The van der Waals surface area contributed by atoms with Crippen LogP contribution in [0.25, 0.3) is 16.8 Å². The van der Waals surface area contributed by atoms with Crippen molar-refractivity contribution < 1.29 is 9.90 Å². The Bertz CT molecular complexity index is 851. The highest BCUT2D eigenvalue weighted by atomic mass is 16.4. The highest BCUT2D eigenvalue weighted by Gasteiger charge is 2.29. The lowest BCUT2D eigenvalue weighted by Crippen LogP contribution is -2.36. The number of nitrogens with zero attached hydrogens (tertiary/aromatic N) is 5. The van der Waals surface area contributed by atoms with Crippen LogP contribution in [0.3, 0.4) is 0 Å². The number of H-pyrrole nitrogens is 1. The van der Waals surface area contributed by atoms with Crippen LogP contribution < -0.4 is 0 Å². The fourth-order valence-electron chi connectivity index (χ4n) is 3.38. The third kappa shape index (κ3) is 3.09. The van der Waals surface area contributed by atoms with Crippen LogP contribution in [0.1, 0.15) is 32.0 Å². The molecule has 1 aliphatic heterocycles. The van der Waals surface area contributed by atoms with Gasteiger partial charge in [-0.3, -0.25) is 9.20 Å². The predicted molar refractivity (Wildman–Crippen MR) is 90.0 cm³/mol. The number of nitrogens with one attached hydrogen (secondary N) is 1. The normalized spacial score (nSPS) is 21.6. The topological polar surface area (TPSA) is 99.4 Å². The van der Waals surface area contributed by atoms with Gasteiger partial charge in [-0.1, -0.05) is 6.92 Å². The number of rotatable bonds is 1. The first-order valence-corrected chi connectivity index (χ1v) is 8.02. The van der Waals surface area contributed by atoms with Crippen LogP contribution in [0.5, 0.6) is 0 Å². The van der Waals surface area contributed by atoms with Crippen molar-refractivity contribution in [2.75, 3.05) is 20.1 Å². The number of piperidine rings is 1. The molecule has 1 fully saturated rings. The summed E-state index contributed by atoms with van der Waals surface area (Å²) in [5.74, 6) is 1.29. The number of carboxylic acid groups (broad SMARTS) is 1. The minimum atomic E-state index is -0.833. The molecule has 3 aromatic heterocycles. The largest absolute Gasteiger partial charge is 0.481 e. The summed E-state index contributed by atoms with van der Waals surface area (Å²) in [5, 5.41) is 16.2. The second kappa shape index (κ2) is 6.56. The van der Waals surface area contributed by atoms with E-state index in [1.165, 1.54) is 0 Å². The maximum absolute atomic E-state index is 9.00. The summed E-state index contributed by atoms with van der Waals surface area (Å²) in [6, 6.07) is 2.04. The number of likely N-dealkylation sites (tertiary alicyclic amines) is 1. The first-order valence-electron chi connectivity index (χ1n) is 8.02. The van der Waals surface area contributed by atoms with Crippen LogP contribution in [0.4, 0.5) is 0 Å². The van der Waals surface area contributed by atoms with Crippen molar-refractivity contribution in [1.29, 1.82) is 0 Å². The molecule has 0 aromatic carbocycles. The maximum Gasteiger partial charge on any atom is 0.300 e. The van der Waals surface area contributed by atoms with Crippen molar-refractivity contribution in [3.63, 3.8) is 0 Å². The minimum Gasteiger partial charge on any atom is -0.481 e. The molecule has 2 N–H and O–H groups in total. The van der Waals surface area contributed by atoms with E-state index in [-0.39, 0.29) is 0 Å². The number of fused-ring (bicyclic) bond motifs is 3. The third-order valence-corrected chi connectivity index (χ3v) is 4.41. The quantitative estimate of drug-likeness (QED) is 0.705. The zero-order valence-electron chi connectivity index (χ0n) is 14.1. The SMILES string of the molecule is CC(=O)O.CC1CN(C)CCC1c1nnc2cnc3[nH]ccc3n12. The summed E-state index contributed by atoms with van der Waals surface area (Å²) in [7, 11) is 2.18. The van der Waals surface area contributed by atoms with Gasteiger partial charge in [-0.2, -0.15) is 0 Å². The van der Waals surface area contributed by atoms with Crippen molar-refractivity contribution in [3.8, 4) is 0 Å². The van der Waals surface area contributed by atoms with Gasteiger partial charge in [-0.05, 0) is 32.0 Å². The molecule has 4 heterocycles. The lowest BCUT2D eigenvalue weighted by atomic mass is 9.86. The number of carbonyl (C=O) groups is 1. The molecule has 0 saturated carbocycles. The highest BCUT2D eigenvalue weighted by molar-refractivity contribution is 5.74. The van der Waals surface area contributed by atoms with Crippen molar-refractivity contribution in [1.82, 2.24) is 29.5 Å². The number of hydrogen-bond donors (Lipinski definition) is 2. The molecule has 0 spiro atoms. The van der Waals surface area contributed by atoms with Gasteiger partial charge in [-0.25, -0.2) is 4.98 Å². The van der Waals surface area contributed by atoms with Crippen molar-refractivity contribution >= 4 is 22.8 Å². The molecule has 1 aliphatic rings. The van der Waals surface area contributed by atoms with Gasteiger partial charge in [0.05, 0.1) is 11.7 Å². The minimum absolute atomic E-state index is 0.460. The van der Waals surface area contributed by atoms with Crippen LogP contribution in [0, 0.1) is 5.92 Å². The summed E-state index contributed by atoms with van der Waals surface area (Å²) in [5.41, 5.74) is 2.78. The van der Waals surface area contributed by atoms with E-state index in [1.54, 1.807) is 6.20 Å². The van der Waals surface area contributed by atoms with Gasteiger partial charge in [0.2, 0.25) is 0 Å². The van der Waals surface area contributed by atoms with Crippen molar-refractivity contribution in [2.45, 2.75) is 26.2 Å². The van der Waals surface area contributed by atoms with E-state index in [9.17, 15) is 0 Å². The fraction of sp³-hybridized carbons (Fsp3) is 0.500. The molecular weight excluding hydrogens is 308 g/mol. The standard InChI is InChI=1S/C14H18N6.C2H4O2/c1-9-8-19(2)6-4-10(9)14-18-17-12-7-16-13-11(20(12)14)3-5-15-13;1-2(3)4/h3,5,7,9-10,15H,4,6,8H2,1-2H3;1H3,(H,3,4). The van der Waals surface area contributed by atoms with Gasteiger partial charge < -0.3 is 15.0 Å². The lowest BCUT2D eigenvalue weighted by Gasteiger charge is -2.33. The Hall–Kier alpha value is -2.48. The Morgan fingerprint density at radius 3 is 2.88 bits per heavy atom. The Kier molecular flexibility index (Phi) is 4.48. The Morgan fingerprint density at radius 2 is 2.17 bits per heavy atom.